The highest BCUT2D eigenvalue weighted by Gasteiger charge is 2.31. The maximum Gasteiger partial charge on any atom is 0.417 e. The van der Waals surface area contributed by atoms with Gasteiger partial charge in [-0.15, -0.1) is 0 Å². The molecule has 0 unspecified atom stereocenters. The van der Waals surface area contributed by atoms with Crippen molar-refractivity contribution < 1.29 is 31.1 Å². The highest BCUT2D eigenvalue weighted by atomic mass is 35.5. The normalized spacial score (nSPS) is 16.3. The molecule has 1 aromatic heterocycles. The molecule has 14 heteroatoms. The van der Waals surface area contributed by atoms with Crippen molar-refractivity contribution in [3.05, 3.63) is 112 Å². The van der Waals surface area contributed by atoms with Crippen LogP contribution in [0.2, 0.25) is 5.02 Å². The lowest BCUT2D eigenvalue weighted by Gasteiger charge is -2.36. The second-order valence-electron chi connectivity index (χ2n) is 12.8. The Morgan fingerprint density at radius 3 is 2.29 bits per heavy atom. The van der Waals surface area contributed by atoms with E-state index in [1.54, 1.807) is 53.4 Å². The van der Waals surface area contributed by atoms with Gasteiger partial charge in [0, 0.05) is 62.1 Å². The lowest BCUT2D eigenvalue weighted by molar-refractivity contribution is -0.137. The summed E-state index contributed by atoms with van der Waals surface area (Å²) in [7, 11) is -3.84. The monoisotopic (exact) mass is 741 g/mol. The van der Waals surface area contributed by atoms with E-state index in [9.17, 15) is 26.4 Å². The maximum absolute atomic E-state index is 13.8. The van der Waals surface area contributed by atoms with Crippen molar-refractivity contribution in [2.75, 3.05) is 55.4 Å². The summed E-state index contributed by atoms with van der Waals surface area (Å²) >= 11 is 6.10. The number of benzene rings is 3. The van der Waals surface area contributed by atoms with Gasteiger partial charge < -0.3 is 19.4 Å². The molecular formula is C37H39ClF3N5O4S. The molecule has 3 heterocycles. The average Bonchev–Trinajstić information content (AvgIpc) is 3.11. The highest BCUT2D eigenvalue weighted by molar-refractivity contribution is 7.91. The van der Waals surface area contributed by atoms with Gasteiger partial charge in [0.2, 0.25) is 15.9 Å². The third kappa shape index (κ3) is 9.32. The minimum absolute atomic E-state index is 0.0618. The number of nitrogens with zero attached hydrogens (tertiary/aromatic N) is 4. The molecular weight excluding hydrogens is 703 g/mol. The van der Waals surface area contributed by atoms with Crippen LogP contribution < -0.4 is 14.4 Å². The molecule has 2 aliphatic rings. The Balaban J connectivity index is 1.11. The van der Waals surface area contributed by atoms with E-state index in [2.05, 4.69) is 26.4 Å². The number of pyridine rings is 1. The summed E-state index contributed by atoms with van der Waals surface area (Å²) in [6.07, 6.45) is -2.27. The molecule has 0 aliphatic carbocycles. The van der Waals surface area contributed by atoms with Gasteiger partial charge in [0.05, 0.1) is 22.7 Å². The molecule has 1 N–H and O–H groups in total. The molecule has 0 bridgehead atoms. The number of piperazine rings is 1. The number of alkyl halides is 3. The van der Waals surface area contributed by atoms with E-state index in [-0.39, 0.29) is 23.5 Å². The zero-order valence-electron chi connectivity index (χ0n) is 28.1. The van der Waals surface area contributed by atoms with Crippen molar-refractivity contribution in [3.8, 4) is 11.6 Å². The number of nitrogens with one attached hydrogen (secondary N) is 1. The number of hydrogen-bond acceptors (Lipinski definition) is 7. The van der Waals surface area contributed by atoms with Gasteiger partial charge in [-0.1, -0.05) is 42.8 Å². The Morgan fingerprint density at radius 1 is 0.941 bits per heavy atom. The molecule has 3 aromatic carbocycles. The number of piperidine rings is 1. The van der Waals surface area contributed by atoms with Gasteiger partial charge in [0.15, 0.2) is 0 Å². The minimum Gasteiger partial charge on any atom is -0.439 e. The van der Waals surface area contributed by atoms with E-state index >= 15 is 0 Å². The Hall–Kier alpha value is -4.33. The molecule has 270 valence electrons. The van der Waals surface area contributed by atoms with Crippen LogP contribution in [0.5, 0.6) is 11.6 Å². The third-order valence-electron chi connectivity index (χ3n) is 9.33. The Morgan fingerprint density at radius 2 is 1.67 bits per heavy atom. The number of halogens is 4. The van der Waals surface area contributed by atoms with Crippen LogP contribution >= 0.6 is 11.6 Å². The SMILES string of the molecule is CCN1CCN(c2ccc(C(=O)N3CCC(c4ccc(Oc5ccc(C(F)(F)F)cn5)cc4)CC3)cc2NS(=O)(=O)Cc2cccc(Cl)c2)CC1. The molecule has 4 aromatic rings. The van der Waals surface area contributed by atoms with E-state index in [1.807, 2.05) is 18.2 Å². The van der Waals surface area contributed by atoms with Crippen molar-refractivity contribution in [1.82, 2.24) is 14.8 Å². The standard InChI is InChI=1S/C37H39ClF3N5O4S/c1-2-44-18-20-45(21-19-44)34-12-8-29(23-33(34)43-51(48,49)25-26-4-3-5-31(38)22-26)36(47)46-16-14-28(15-17-46)27-6-10-32(11-7-27)50-35-13-9-30(24-42-35)37(39,40)41/h3-13,22-24,28,43H,2,14-21,25H2,1H3. The number of anilines is 2. The van der Waals surface area contributed by atoms with Gasteiger partial charge >= 0.3 is 6.18 Å². The lowest BCUT2D eigenvalue weighted by Crippen LogP contribution is -2.46. The largest absolute Gasteiger partial charge is 0.439 e. The second kappa shape index (κ2) is 15.5. The Labute approximate surface area is 301 Å². The zero-order chi connectivity index (χ0) is 36.2. The van der Waals surface area contributed by atoms with Gasteiger partial charge in [-0.3, -0.25) is 9.52 Å². The van der Waals surface area contributed by atoms with E-state index in [0.717, 1.165) is 69.1 Å². The fraction of sp³-hybridized carbons (Fsp3) is 0.351. The van der Waals surface area contributed by atoms with Crippen molar-refractivity contribution in [2.24, 2.45) is 0 Å². The smallest absolute Gasteiger partial charge is 0.417 e. The molecule has 0 spiro atoms. The number of sulfonamides is 1. The van der Waals surface area contributed by atoms with E-state index in [0.29, 0.717) is 40.7 Å². The molecule has 9 nitrogen and oxygen atoms in total. The van der Waals surface area contributed by atoms with E-state index < -0.39 is 21.8 Å². The van der Waals surface area contributed by atoms with Crippen LogP contribution in [-0.2, 0) is 22.0 Å². The Kier molecular flexibility index (Phi) is 11.1. The molecule has 2 fully saturated rings. The molecule has 0 saturated carbocycles. The fourth-order valence-corrected chi connectivity index (χ4v) is 7.92. The van der Waals surface area contributed by atoms with Crippen molar-refractivity contribution >= 4 is 38.9 Å². The number of amides is 1. The fourth-order valence-electron chi connectivity index (χ4n) is 6.52. The van der Waals surface area contributed by atoms with Gasteiger partial charge in [-0.2, -0.15) is 13.2 Å². The lowest BCUT2D eigenvalue weighted by atomic mass is 9.89. The van der Waals surface area contributed by atoms with Crippen LogP contribution in [0.15, 0.2) is 85.1 Å². The molecule has 2 aliphatic heterocycles. The van der Waals surface area contributed by atoms with Crippen LogP contribution in [0.1, 0.15) is 52.7 Å². The number of rotatable bonds is 10. The summed E-state index contributed by atoms with van der Waals surface area (Å²) in [6, 6.07) is 21.5. The number of likely N-dealkylation sites (tertiary alicyclic amines) is 1. The van der Waals surface area contributed by atoms with Gasteiger partial charge in [0.25, 0.3) is 5.91 Å². The van der Waals surface area contributed by atoms with Gasteiger partial charge in [-0.05, 0) is 85.0 Å². The molecule has 1 amide bonds. The van der Waals surface area contributed by atoms with Crippen molar-refractivity contribution in [1.29, 1.82) is 0 Å². The van der Waals surface area contributed by atoms with Crippen LogP contribution in [0.3, 0.4) is 0 Å². The van der Waals surface area contributed by atoms with E-state index in [1.165, 1.54) is 6.07 Å². The summed E-state index contributed by atoms with van der Waals surface area (Å²) in [6.45, 7) is 7.28. The summed E-state index contributed by atoms with van der Waals surface area (Å²) in [5.41, 5.74) is 2.29. The van der Waals surface area contributed by atoms with Gasteiger partial charge in [-0.25, -0.2) is 13.4 Å². The summed E-state index contributed by atoms with van der Waals surface area (Å²) in [4.78, 5) is 23.8. The predicted octanol–water partition coefficient (Wildman–Crippen LogP) is 7.65. The first-order valence-corrected chi connectivity index (χ1v) is 18.9. The van der Waals surface area contributed by atoms with Crippen LogP contribution in [-0.4, -0.2) is 74.9 Å². The number of carbonyl (C=O) groups excluding carboxylic acids is 1. The number of hydrogen-bond donors (Lipinski definition) is 1. The highest BCUT2D eigenvalue weighted by Crippen LogP contribution is 2.34. The first-order chi connectivity index (χ1) is 24.4. The summed E-state index contributed by atoms with van der Waals surface area (Å²) < 4.78 is 73.7. The molecule has 2 saturated heterocycles. The molecule has 51 heavy (non-hydrogen) atoms. The van der Waals surface area contributed by atoms with Gasteiger partial charge in [0.1, 0.15) is 5.75 Å². The maximum atomic E-state index is 13.8. The van der Waals surface area contributed by atoms with Crippen LogP contribution in [0.4, 0.5) is 24.5 Å². The number of carbonyl (C=O) groups is 1. The third-order valence-corrected chi connectivity index (χ3v) is 10.8. The van der Waals surface area contributed by atoms with Crippen LogP contribution in [0.25, 0.3) is 0 Å². The topological polar surface area (TPSA) is 95.1 Å². The molecule has 6 rings (SSSR count). The summed E-state index contributed by atoms with van der Waals surface area (Å²) in [5, 5.41) is 0.453. The average molecular weight is 742 g/mol. The molecule has 0 radical (unpaired) electrons. The molecule has 0 atom stereocenters. The second-order valence-corrected chi connectivity index (χ2v) is 14.9. The predicted molar refractivity (Wildman–Crippen MR) is 192 cm³/mol. The number of likely N-dealkylation sites (N-methyl/N-ethyl adjacent to an activating group) is 1. The summed E-state index contributed by atoms with van der Waals surface area (Å²) in [5.74, 6) is 0.283. The number of aromatic nitrogens is 1. The Bertz CT molecular complexity index is 1930. The van der Waals surface area contributed by atoms with E-state index in [4.69, 9.17) is 16.3 Å². The first-order valence-electron chi connectivity index (χ1n) is 16.8. The minimum atomic E-state index is -4.47. The van der Waals surface area contributed by atoms with Crippen molar-refractivity contribution in [2.45, 2.75) is 37.6 Å². The first kappa shape index (κ1) is 36.5. The van der Waals surface area contributed by atoms with Crippen molar-refractivity contribution in [3.63, 3.8) is 0 Å². The van der Waals surface area contributed by atoms with Crippen LogP contribution in [0, 0.1) is 0 Å². The quantitative estimate of drug-likeness (QED) is 0.179. The zero-order valence-corrected chi connectivity index (χ0v) is 29.6. The number of ether oxygens (including phenoxy) is 1.